The highest BCUT2D eigenvalue weighted by atomic mass is 31.2. The normalized spacial score (nSPS) is 14.2. The lowest BCUT2D eigenvalue weighted by Crippen LogP contribution is -2.30. The topological polar surface area (TPSA) is 237 Å². The molecule has 0 heterocycles. The second-order valence-corrected chi connectivity index (χ2v) is 33.3. The van der Waals surface area contributed by atoms with E-state index in [0.29, 0.717) is 25.7 Å². The van der Waals surface area contributed by atoms with Gasteiger partial charge >= 0.3 is 39.5 Å². The van der Waals surface area contributed by atoms with Crippen LogP contribution in [0, 0.1) is 17.8 Å². The van der Waals surface area contributed by atoms with E-state index in [1.807, 2.05) is 0 Å². The molecule has 0 bridgehead atoms. The molecule has 17 nitrogen and oxygen atoms in total. The summed E-state index contributed by atoms with van der Waals surface area (Å²) in [4.78, 5) is 73.1. The van der Waals surface area contributed by atoms with Gasteiger partial charge in [0, 0.05) is 25.7 Å². The highest BCUT2D eigenvalue weighted by Crippen LogP contribution is 2.45. The lowest BCUT2D eigenvalue weighted by molar-refractivity contribution is -0.161. The summed E-state index contributed by atoms with van der Waals surface area (Å²) in [5.74, 6) is 0.246. The quantitative estimate of drug-likeness (QED) is 0.0222. The third kappa shape index (κ3) is 73.0. The van der Waals surface area contributed by atoms with Crippen molar-refractivity contribution >= 4 is 39.5 Å². The molecule has 0 radical (unpaired) electrons. The molecule has 0 aromatic carbocycles. The van der Waals surface area contributed by atoms with Crippen molar-refractivity contribution in [1.29, 1.82) is 0 Å². The van der Waals surface area contributed by atoms with Crippen molar-refractivity contribution in [2.45, 2.75) is 439 Å². The fraction of sp³-hybridized carbons (Fsp3) is 0.951. The van der Waals surface area contributed by atoms with Gasteiger partial charge in [0.2, 0.25) is 0 Å². The van der Waals surface area contributed by atoms with Gasteiger partial charge in [0.1, 0.15) is 19.3 Å². The monoisotopic (exact) mass is 1470 g/mol. The fourth-order valence-corrected chi connectivity index (χ4v) is 14.0. The molecular weight excluding hydrogens is 1310 g/mol. The molecule has 0 aromatic rings. The summed E-state index contributed by atoms with van der Waals surface area (Å²) in [7, 11) is -9.92. The Morgan fingerprint density at radius 2 is 0.510 bits per heavy atom. The average molecular weight is 1470 g/mol. The molecule has 0 fully saturated rings. The Morgan fingerprint density at radius 1 is 0.290 bits per heavy atom. The van der Waals surface area contributed by atoms with E-state index in [0.717, 1.165) is 108 Å². The Labute approximate surface area is 613 Å². The Bertz CT molecular complexity index is 1940. The highest BCUT2D eigenvalue weighted by Gasteiger charge is 2.30. The third-order valence-corrected chi connectivity index (χ3v) is 21.1. The van der Waals surface area contributed by atoms with E-state index in [4.69, 9.17) is 37.0 Å². The molecule has 19 heteroatoms. The summed E-state index contributed by atoms with van der Waals surface area (Å²) in [6.45, 7) is 12.0. The molecule has 0 saturated heterocycles. The zero-order chi connectivity index (χ0) is 73.7. The van der Waals surface area contributed by atoms with Crippen molar-refractivity contribution in [3.05, 3.63) is 0 Å². The van der Waals surface area contributed by atoms with Gasteiger partial charge < -0.3 is 33.8 Å². The molecule has 0 amide bonds. The first-order chi connectivity index (χ1) is 48.3. The number of carbonyl (C=O) groups is 4. The molecule has 0 aliphatic rings. The minimum absolute atomic E-state index is 0.107. The van der Waals surface area contributed by atoms with Crippen molar-refractivity contribution < 1.29 is 80.2 Å². The average Bonchev–Trinajstić information content (AvgIpc) is 0.945. The number of aliphatic hydroxyl groups is 1. The molecule has 0 saturated carbocycles. The minimum atomic E-state index is -4.96. The maximum absolute atomic E-state index is 13.1. The predicted molar refractivity (Wildman–Crippen MR) is 409 cm³/mol. The van der Waals surface area contributed by atoms with Crippen LogP contribution in [0.2, 0.25) is 0 Å². The molecule has 0 aliphatic heterocycles. The van der Waals surface area contributed by atoms with Gasteiger partial charge in [0.15, 0.2) is 12.2 Å². The third-order valence-electron chi connectivity index (χ3n) is 19.2. The van der Waals surface area contributed by atoms with Crippen molar-refractivity contribution in [2.24, 2.45) is 17.8 Å². The molecule has 6 atom stereocenters. The number of ether oxygens (including phenoxy) is 4. The lowest BCUT2D eigenvalue weighted by Gasteiger charge is -2.21. The number of hydrogen-bond donors (Lipinski definition) is 3. The zero-order valence-corrected chi connectivity index (χ0v) is 67.5. The second kappa shape index (κ2) is 71.3. The number of esters is 4. The van der Waals surface area contributed by atoms with Crippen LogP contribution < -0.4 is 0 Å². The van der Waals surface area contributed by atoms with Crippen molar-refractivity contribution in [3.8, 4) is 0 Å². The summed E-state index contributed by atoms with van der Waals surface area (Å²) in [5.41, 5.74) is 0. The van der Waals surface area contributed by atoms with Crippen molar-refractivity contribution in [3.63, 3.8) is 0 Å². The standard InChI is InChI=1S/C81H158O17P2/c1-8-10-11-12-13-14-15-16-17-18-23-29-34-43-50-57-64-80(85)98-77(69-92-79(84)63-56-49-42-37-36-40-47-54-61-74(7)9-2)71-96-100(89,90)94-67-75(82)66-93-99(87,88)95-70-76(97-81(86)65-58-51-44-35-30-25-20-22-27-32-39-46-53-60-73(5)6)68-91-78(83)62-55-48-41-33-28-24-19-21-26-31-38-45-52-59-72(3)4/h72-77,82H,8-71H2,1-7H3,(H,87,88)(H,89,90)/t74?,75-,76-,77-/m1/s1. The van der Waals surface area contributed by atoms with Gasteiger partial charge in [-0.25, -0.2) is 9.13 Å². The van der Waals surface area contributed by atoms with E-state index < -0.39 is 97.5 Å². The van der Waals surface area contributed by atoms with Gasteiger partial charge in [-0.1, -0.05) is 370 Å². The lowest BCUT2D eigenvalue weighted by atomic mass is 9.99. The summed E-state index contributed by atoms with van der Waals surface area (Å²) in [6, 6.07) is 0. The molecule has 594 valence electrons. The predicted octanol–water partition coefficient (Wildman–Crippen LogP) is 24.1. The summed E-state index contributed by atoms with van der Waals surface area (Å²) >= 11 is 0. The Morgan fingerprint density at radius 3 is 0.760 bits per heavy atom. The van der Waals surface area contributed by atoms with Crippen LogP contribution >= 0.6 is 15.6 Å². The van der Waals surface area contributed by atoms with Gasteiger partial charge in [-0.2, -0.15) is 0 Å². The number of unbranched alkanes of at least 4 members (excludes halogenated alkanes) is 46. The number of hydrogen-bond acceptors (Lipinski definition) is 15. The van der Waals surface area contributed by atoms with E-state index in [1.165, 1.54) is 231 Å². The minimum Gasteiger partial charge on any atom is -0.462 e. The fourth-order valence-electron chi connectivity index (χ4n) is 12.5. The van der Waals surface area contributed by atoms with Crippen LogP contribution in [0.1, 0.15) is 421 Å². The summed E-state index contributed by atoms with van der Waals surface area (Å²) in [6.07, 6.45) is 59.5. The van der Waals surface area contributed by atoms with E-state index in [-0.39, 0.29) is 25.7 Å². The molecule has 3 unspecified atom stereocenters. The van der Waals surface area contributed by atoms with E-state index >= 15 is 0 Å². The van der Waals surface area contributed by atoms with Gasteiger partial charge in [-0.05, 0) is 43.4 Å². The molecule has 0 rings (SSSR count). The van der Waals surface area contributed by atoms with Gasteiger partial charge in [-0.15, -0.1) is 0 Å². The van der Waals surface area contributed by atoms with Gasteiger partial charge in [0.25, 0.3) is 0 Å². The molecule has 0 aromatic heterocycles. The highest BCUT2D eigenvalue weighted by molar-refractivity contribution is 7.47. The van der Waals surface area contributed by atoms with Gasteiger partial charge in [-0.3, -0.25) is 37.3 Å². The summed E-state index contributed by atoms with van der Waals surface area (Å²) < 4.78 is 68.8. The number of aliphatic hydroxyl groups excluding tert-OH is 1. The van der Waals surface area contributed by atoms with Crippen LogP contribution in [-0.4, -0.2) is 96.7 Å². The van der Waals surface area contributed by atoms with Crippen molar-refractivity contribution in [2.75, 3.05) is 39.6 Å². The number of carbonyl (C=O) groups excluding carboxylic acids is 4. The Hall–Kier alpha value is -1.94. The van der Waals surface area contributed by atoms with E-state index in [9.17, 15) is 43.2 Å². The molecule has 0 spiro atoms. The molecule has 3 N–H and O–H groups in total. The van der Waals surface area contributed by atoms with Crippen LogP contribution in [0.4, 0.5) is 0 Å². The number of phosphoric ester groups is 2. The number of phosphoric acid groups is 2. The second-order valence-electron chi connectivity index (χ2n) is 30.4. The first kappa shape index (κ1) is 98.1. The van der Waals surface area contributed by atoms with Crippen LogP contribution in [0.15, 0.2) is 0 Å². The molecule has 100 heavy (non-hydrogen) atoms. The molecular formula is C81H158O17P2. The maximum Gasteiger partial charge on any atom is 0.472 e. The SMILES string of the molecule is CCCCCCCCCCCCCCCCCCC(=O)O[C@H](COC(=O)CCCCCCCCCCC(C)CC)COP(=O)(O)OC[C@H](O)COP(=O)(O)OC[C@@H](COC(=O)CCCCCCCCCCCCCCCC(C)C)OC(=O)CCCCCCCCCCCCCCCC(C)C. The zero-order valence-electron chi connectivity index (χ0n) is 65.7. The smallest absolute Gasteiger partial charge is 0.462 e. The molecule has 0 aliphatic carbocycles. The Balaban J connectivity index is 5.27. The first-order valence-corrected chi connectivity index (χ1v) is 44.9. The summed E-state index contributed by atoms with van der Waals surface area (Å²) in [5, 5.41) is 10.7. The van der Waals surface area contributed by atoms with Gasteiger partial charge in [0.05, 0.1) is 26.4 Å². The largest absolute Gasteiger partial charge is 0.472 e. The van der Waals surface area contributed by atoms with Crippen molar-refractivity contribution in [1.82, 2.24) is 0 Å². The van der Waals surface area contributed by atoms with Crippen LogP contribution in [0.3, 0.4) is 0 Å². The Kier molecular flexibility index (Phi) is 69.9. The van der Waals surface area contributed by atoms with Crippen LogP contribution in [0.5, 0.6) is 0 Å². The number of rotatable bonds is 79. The van der Waals surface area contributed by atoms with Crippen LogP contribution in [-0.2, 0) is 65.4 Å². The maximum atomic E-state index is 13.1. The van der Waals surface area contributed by atoms with Crippen LogP contribution in [0.25, 0.3) is 0 Å². The van der Waals surface area contributed by atoms with E-state index in [1.54, 1.807) is 0 Å². The van der Waals surface area contributed by atoms with E-state index in [2.05, 4.69) is 48.5 Å². The first-order valence-electron chi connectivity index (χ1n) is 41.9.